The van der Waals surface area contributed by atoms with Gasteiger partial charge in [0.15, 0.2) is 0 Å². The molecule has 0 unspecified atom stereocenters. The van der Waals surface area contributed by atoms with Gasteiger partial charge in [0.1, 0.15) is 5.75 Å². The van der Waals surface area contributed by atoms with Gasteiger partial charge in [-0.05, 0) is 30.2 Å². The van der Waals surface area contributed by atoms with E-state index < -0.39 is 5.91 Å². The summed E-state index contributed by atoms with van der Waals surface area (Å²) in [5.41, 5.74) is 2.04. The summed E-state index contributed by atoms with van der Waals surface area (Å²) in [5, 5.41) is 12.8. The van der Waals surface area contributed by atoms with Crippen LogP contribution in [0.4, 0.5) is 0 Å². The van der Waals surface area contributed by atoms with Crippen LogP contribution in [0.3, 0.4) is 0 Å². The molecule has 0 atom stereocenters. The maximum Gasteiger partial charge on any atom is 0.256 e. The summed E-state index contributed by atoms with van der Waals surface area (Å²) in [6.45, 7) is 4.56. The number of ether oxygens (including phenoxy) is 2. The van der Waals surface area contributed by atoms with E-state index in [1.54, 1.807) is 12.1 Å². The maximum atomic E-state index is 12.2. The molecule has 0 spiro atoms. The first kappa shape index (κ1) is 19.2. The fourth-order valence-electron chi connectivity index (χ4n) is 2.29. The molecular weight excluding hydrogens is 342 g/mol. The third kappa shape index (κ3) is 6.05. The number of halogens is 1. The van der Waals surface area contributed by atoms with Crippen LogP contribution < -0.4 is 5.32 Å². The van der Waals surface area contributed by atoms with E-state index in [1.165, 1.54) is 6.07 Å². The van der Waals surface area contributed by atoms with Crippen LogP contribution >= 0.6 is 11.6 Å². The number of rotatable bonds is 9. The van der Waals surface area contributed by atoms with Crippen LogP contribution in [0.25, 0.3) is 0 Å². The van der Waals surface area contributed by atoms with E-state index in [9.17, 15) is 9.90 Å². The number of benzene rings is 2. The molecule has 0 aromatic heterocycles. The van der Waals surface area contributed by atoms with Crippen LogP contribution in [-0.4, -0.2) is 30.8 Å². The molecule has 2 N–H and O–H groups in total. The molecule has 0 aliphatic carbocycles. The van der Waals surface area contributed by atoms with Gasteiger partial charge in [-0.3, -0.25) is 4.79 Å². The van der Waals surface area contributed by atoms with Crippen molar-refractivity contribution in [2.75, 3.05) is 19.8 Å². The second kappa shape index (κ2) is 10.0. The maximum absolute atomic E-state index is 12.2. The fraction of sp³-hybridized carbons (Fsp3) is 0.316. The number of nitrogens with one attached hydrogen (secondary N) is 1. The summed E-state index contributed by atoms with van der Waals surface area (Å²) in [5.74, 6) is -0.553. The first-order valence-corrected chi connectivity index (χ1v) is 8.48. The van der Waals surface area contributed by atoms with Gasteiger partial charge >= 0.3 is 0 Å². The second-order valence-corrected chi connectivity index (χ2v) is 5.79. The monoisotopic (exact) mass is 363 g/mol. The molecule has 0 aliphatic heterocycles. The van der Waals surface area contributed by atoms with Crippen LogP contribution in [0.2, 0.25) is 5.02 Å². The molecule has 0 bridgehead atoms. The van der Waals surface area contributed by atoms with Crippen molar-refractivity contribution < 1.29 is 19.4 Å². The summed E-state index contributed by atoms with van der Waals surface area (Å²) in [6, 6.07) is 12.3. The molecule has 0 fully saturated rings. The van der Waals surface area contributed by atoms with Crippen molar-refractivity contribution >= 4 is 17.5 Å². The topological polar surface area (TPSA) is 67.8 Å². The summed E-state index contributed by atoms with van der Waals surface area (Å²) in [6.07, 6.45) is 0. The lowest BCUT2D eigenvalue weighted by atomic mass is 10.1. The van der Waals surface area contributed by atoms with Crippen molar-refractivity contribution in [2.24, 2.45) is 0 Å². The lowest BCUT2D eigenvalue weighted by Gasteiger charge is -2.10. The van der Waals surface area contributed by atoms with E-state index in [1.807, 2.05) is 31.2 Å². The lowest BCUT2D eigenvalue weighted by Crippen LogP contribution is -2.23. The van der Waals surface area contributed by atoms with Crippen molar-refractivity contribution in [1.29, 1.82) is 0 Å². The van der Waals surface area contributed by atoms with E-state index in [4.69, 9.17) is 21.1 Å². The third-order valence-corrected chi connectivity index (χ3v) is 3.82. The lowest BCUT2D eigenvalue weighted by molar-refractivity contribution is 0.0453. The number of phenolic OH excluding ortho intramolecular Hbond substituents is 1. The molecule has 0 aliphatic rings. The summed E-state index contributed by atoms with van der Waals surface area (Å²) < 4.78 is 10.8. The van der Waals surface area contributed by atoms with Gasteiger partial charge in [-0.15, -0.1) is 0 Å². The van der Waals surface area contributed by atoms with Gasteiger partial charge in [-0.2, -0.15) is 0 Å². The van der Waals surface area contributed by atoms with E-state index >= 15 is 0 Å². The van der Waals surface area contributed by atoms with Crippen LogP contribution in [0.1, 0.15) is 28.4 Å². The summed E-state index contributed by atoms with van der Waals surface area (Å²) in [4.78, 5) is 12.2. The Morgan fingerprint density at radius 1 is 1.12 bits per heavy atom. The average molecular weight is 364 g/mol. The Labute approximate surface area is 152 Å². The van der Waals surface area contributed by atoms with E-state index in [0.29, 0.717) is 33.0 Å². The van der Waals surface area contributed by atoms with Gasteiger partial charge in [0.2, 0.25) is 0 Å². The minimum Gasteiger partial charge on any atom is -0.507 e. The van der Waals surface area contributed by atoms with Gasteiger partial charge in [-0.1, -0.05) is 41.9 Å². The molecule has 134 valence electrons. The highest BCUT2D eigenvalue weighted by Gasteiger charge is 2.14. The number of amides is 1. The zero-order chi connectivity index (χ0) is 18.1. The molecule has 1 amide bonds. The van der Waals surface area contributed by atoms with E-state index in [-0.39, 0.29) is 16.3 Å². The van der Waals surface area contributed by atoms with Gasteiger partial charge in [0, 0.05) is 13.2 Å². The quantitative estimate of drug-likeness (QED) is 0.669. The molecule has 5 nitrogen and oxygen atoms in total. The molecular formula is C19H22ClNO4. The standard InChI is InChI=1S/C19H22ClNO4/c1-2-24-9-10-25-13-15-6-3-5-14(11-15)12-21-19(23)18-16(20)7-4-8-17(18)22/h3-8,11,22H,2,9-10,12-13H2,1H3,(H,21,23). The third-order valence-electron chi connectivity index (χ3n) is 3.51. The molecule has 25 heavy (non-hydrogen) atoms. The van der Waals surface area contributed by atoms with Crippen molar-refractivity contribution in [2.45, 2.75) is 20.1 Å². The Hall–Kier alpha value is -2.08. The van der Waals surface area contributed by atoms with E-state index in [0.717, 1.165) is 11.1 Å². The normalized spacial score (nSPS) is 10.6. The zero-order valence-electron chi connectivity index (χ0n) is 14.1. The van der Waals surface area contributed by atoms with Gasteiger partial charge in [0.05, 0.1) is 30.4 Å². The highest BCUT2D eigenvalue weighted by atomic mass is 35.5. The Balaban J connectivity index is 1.88. The highest BCUT2D eigenvalue weighted by molar-refractivity contribution is 6.34. The van der Waals surface area contributed by atoms with Crippen molar-refractivity contribution in [1.82, 2.24) is 5.32 Å². The first-order valence-electron chi connectivity index (χ1n) is 8.10. The first-order chi connectivity index (χ1) is 12.1. The van der Waals surface area contributed by atoms with Crippen molar-refractivity contribution in [3.63, 3.8) is 0 Å². The van der Waals surface area contributed by atoms with Crippen LogP contribution in [0.5, 0.6) is 5.75 Å². The summed E-state index contributed by atoms with van der Waals surface area (Å²) in [7, 11) is 0. The number of hydrogen-bond acceptors (Lipinski definition) is 4. The average Bonchev–Trinajstić information content (AvgIpc) is 2.60. The molecule has 0 radical (unpaired) electrons. The van der Waals surface area contributed by atoms with Crippen LogP contribution in [-0.2, 0) is 22.6 Å². The molecule has 0 heterocycles. The molecule has 2 aromatic rings. The second-order valence-electron chi connectivity index (χ2n) is 5.39. The van der Waals surface area contributed by atoms with Gasteiger partial charge in [0.25, 0.3) is 5.91 Å². The SMILES string of the molecule is CCOCCOCc1cccc(CNC(=O)c2c(O)cccc2Cl)c1. The minimum atomic E-state index is -0.415. The molecule has 2 aromatic carbocycles. The van der Waals surface area contributed by atoms with Crippen molar-refractivity contribution in [3.8, 4) is 5.75 Å². The Morgan fingerprint density at radius 2 is 1.84 bits per heavy atom. The number of aromatic hydroxyl groups is 1. The Bertz CT molecular complexity index is 685. The van der Waals surface area contributed by atoms with Crippen LogP contribution in [0, 0.1) is 0 Å². The predicted molar refractivity (Wildman–Crippen MR) is 96.9 cm³/mol. The molecule has 2 rings (SSSR count). The van der Waals surface area contributed by atoms with Gasteiger partial charge < -0.3 is 19.9 Å². The minimum absolute atomic E-state index is 0.0829. The zero-order valence-corrected chi connectivity index (χ0v) is 14.9. The Kier molecular flexibility index (Phi) is 7.73. The molecule has 0 saturated heterocycles. The number of phenols is 1. The molecule has 0 saturated carbocycles. The van der Waals surface area contributed by atoms with Gasteiger partial charge in [-0.25, -0.2) is 0 Å². The smallest absolute Gasteiger partial charge is 0.256 e. The number of carbonyl (C=O) groups is 1. The highest BCUT2D eigenvalue weighted by Crippen LogP contribution is 2.24. The number of hydrogen-bond donors (Lipinski definition) is 2. The van der Waals surface area contributed by atoms with E-state index in [2.05, 4.69) is 5.32 Å². The largest absolute Gasteiger partial charge is 0.507 e. The summed E-state index contributed by atoms with van der Waals surface area (Å²) >= 11 is 5.98. The molecule has 6 heteroatoms. The van der Waals surface area contributed by atoms with Crippen LogP contribution in [0.15, 0.2) is 42.5 Å². The Morgan fingerprint density at radius 3 is 2.60 bits per heavy atom. The number of carbonyl (C=O) groups excluding carboxylic acids is 1. The van der Waals surface area contributed by atoms with Crippen molar-refractivity contribution in [3.05, 3.63) is 64.2 Å². The fourth-order valence-corrected chi connectivity index (χ4v) is 2.55. The predicted octanol–water partition coefficient (Wildman–Crippen LogP) is 3.53.